The summed E-state index contributed by atoms with van der Waals surface area (Å²) in [7, 11) is 1.69. The Balaban J connectivity index is 1.86. The minimum atomic E-state index is -4.94. The molecule has 5 nitrogen and oxygen atoms in total. The smallest absolute Gasteiger partial charge is 0.406 e. The van der Waals surface area contributed by atoms with Gasteiger partial charge in [-0.15, -0.1) is 26.3 Å². The lowest BCUT2D eigenvalue weighted by Crippen LogP contribution is -2.41. The molecule has 12 heteroatoms. The van der Waals surface area contributed by atoms with Gasteiger partial charge in [-0.1, -0.05) is 66.2 Å². The minimum absolute atomic E-state index is 0.0947. The van der Waals surface area contributed by atoms with Crippen molar-refractivity contribution in [2.75, 3.05) is 6.54 Å². The number of halogens is 7. The van der Waals surface area contributed by atoms with Gasteiger partial charge in [0.05, 0.1) is 5.69 Å². The summed E-state index contributed by atoms with van der Waals surface area (Å²) in [5, 5.41) is 8.03. The molecule has 4 aromatic rings. The van der Waals surface area contributed by atoms with Gasteiger partial charge in [0.15, 0.2) is 0 Å². The van der Waals surface area contributed by atoms with Gasteiger partial charge in [-0.3, -0.25) is 4.68 Å². The van der Waals surface area contributed by atoms with E-state index < -0.39 is 29.6 Å². The van der Waals surface area contributed by atoms with Gasteiger partial charge >= 0.3 is 12.7 Å². The first-order valence-electron chi connectivity index (χ1n) is 12.4. The van der Waals surface area contributed by atoms with Gasteiger partial charge in [-0.25, -0.2) is 0 Å². The molecule has 4 rings (SSSR count). The maximum Gasteiger partial charge on any atom is 0.573 e. The molecule has 41 heavy (non-hydrogen) atoms. The standard InChI is InChI=1S/C29H26ClF6N3O2/c1-19-25(26(30)39(2)38-19)17-37-18-27(16-20-8-4-3-5-9-20,21-10-6-12-23(14-21)40-28(31,32)33)22-11-7-13-24(15-22)41-29(34,35)36/h3-15,37H,16-18H2,1-2H3. The lowest BCUT2D eigenvalue weighted by atomic mass is 9.70. The molecule has 1 N–H and O–H groups in total. The fraction of sp³-hybridized carbons (Fsp3) is 0.276. The molecule has 0 radical (unpaired) electrons. The first kappa shape index (κ1) is 30.3. The van der Waals surface area contributed by atoms with Crippen molar-refractivity contribution in [1.82, 2.24) is 15.1 Å². The molecular formula is C29H26ClF6N3O2. The Hall–Kier alpha value is -3.70. The largest absolute Gasteiger partial charge is 0.573 e. The van der Waals surface area contributed by atoms with E-state index in [9.17, 15) is 26.3 Å². The number of aryl methyl sites for hydroxylation is 2. The van der Waals surface area contributed by atoms with Crippen LogP contribution >= 0.6 is 11.6 Å². The third-order valence-electron chi connectivity index (χ3n) is 6.59. The third kappa shape index (κ3) is 7.74. The van der Waals surface area contributed by atoms with Crippen molar-refractivity contribution < 1.29 is 35.8 Å². The van der Waals surface area contributed by atoms with Gasteiger partial charge in [0.2, 0.25) is 0 Å². The normalized spacial score (nSPS) is 12.4. The quantitative estimate of drug-likeness (QED) is 0.192. The monoisotopic (exact) mass is 597 g/mol. The molecule has 0 aliphatic carbocycles. The summed E-state index contributed by atoms with van der Waals surface area (Å²) in [4.78, 5) is 0. The van der Waals surface area contributed by atoms with Crippen molar-refractivity contribution in [3.8, 4) is 11.5 Å². The zero-order valence-electron chi connectivity index (χ0n) is 22.0. The van der Waals surface area contributed by atoms with Crippen molar-refractivity contribution in [3.05, 3.63) is 112 Å². The molecule has 0 fully saturated rings. The van der Waals surface area contributed by atoms with Crippen LogP contribution in [0.15, 0.2) is 78.9 Å². The van der Waals surface area contributed by atoms with Gasteiger partial charge in [0.25, 0.3) is 0 Å². The molecule has 0 spiro atoms. The number of nitrogens with zero attached hydrogens (tertiary/aromatic N) is 2. The van der Waals surface area contributed by atoms with Crippen LogP contribution in [0.4, 0.5) is 26.3 Å². The predicted molar refractivity (Wildman–Crippen MR) is 142 cm³/mol. The second-order valence-corrected chi connectivity index (χ2v) is 9.84. The fourth-order valence-electron chi connectivity index (χ4n) is 4.84. The Labute approximate surface area is 237 Å². The molecule has 0 unspecified atom stereocenters. The van der Waals surface area contributed by atoms with Crippen molar-refractivity contribution in [2.45, 2.75) is 38.0 Å². The molecule has 0 saturated heterocycles. The number of benzene rings is 3. The summed E-state index contributed by atoms with van der Waals surface area (Å²) in [5.41, 5.74) is 1.78. The van der Waals surface area contributed by atoms with E-state index in [0.717, 1.165) is 5.56 Å². The van der Waals surface area contributed by atoms with Gasteiger partial charge < -0.3 is 14.8 Å². The van der Waals surface area contributed by atoms with E-state index in [-0.39, 0.29) is 19.5 Å². The van der Waals surface area contributed by atoms with E-state index in [1.54, 1.807) is 38.2 Å². The number of hydrogen-bond donors (Lipinski definition) is 1. The van der Waals surface area contributed by atoms with Crippen molar-refractivity contribution in [1.29, 1.82) is 0 Å². The Kier molecular flexibility index (Phi) is 8.89. The lowest BCUT2D eigenvalue weighted by Gasteiger charge is -2.36. The number of rotatable bonds is 10. The highest BCUT2D eigenvalue weighted by atomic mass is 35.5. The van der Waals surface area contributed by atoms with Crippen LogP contribution in [0, 0.1) is 6.92 Å². The summed E-state index contributed by atoms with van der Waals surface area (Å²) >= 11 is 6.41. The third-order valence-corrected chi connectivity index (χ3v) is 7.06. The van der Waals surface area contributed by atoms with Crippen LogP contribution in [-0.2, 0) is 25.4 Å². The second kappa shape index (κ2) is 12.0. The van der Waals surface area contributed by atoms with E-state index in [1.165, 1.54) is 41.1 Å². The molecule has 0 saturated carbocycles. The molecule has 1 aromatic heterocycles. The summed E-state index contributed by atoms with van der Waals surface area (Å²) in [6.07, 6.45) is -9.66. The van der Waals surface area contributed by atoms with Crippen molar-refractivity contribution in [3.63, 3.8) is 0 Å². The summed E-state index contributed by atoms with van der Waals surface area (Å²) < 4.78 is 88.8. The highest BCUT2D eigenvalue weighted by molar-refractivity contribution is 6.30. The topological polar surface area (TPSA) is 48.3 Å². The molecule has 0 atom stereocenters. The van der Waals surface area contributed by atoms with E-state index in [0.29, 0.717) is 27.5 Å². The average molecular weight is 598 g/mol. The fourth-order valence-corrected chi connectivity index (χ4v) is 5.08. The maximum atomic E-state index is 13.1. The van der Waals surface area contributed by atoms with Crippen LogP contribution in [0.1, 0.15) is 27.9 Å². The lowest BCUT2D eigenvalue weighted by molar-refractivity contribution is -0.275. The summed E-state index contributed by atoms with van der Waals surface area (Å²) in [6.45, 7) is 2.13. The van der Waals surface area contributed by atoms with Gasteiger partial charge in [0.1, 0.15) is 16.7 Å². The van der Waals surface area contributed by atoms with E-state index in [2.05, 4.69) is 19.9 Å². The number of ether oxygens (including phenoxy) is 2. The number of alkyl halides is 6. The average Bonchev–Trinajstić information content (AvgIpc) is 3.13. The molecule has 1 heterocycles. The second-order valence-electron chi connectivity index (χ2n) is 9.48. The van der Waals surface area contributed by atoms with E-state index in [1.807, 2.05) is 18.2 Å². The zero-order valence-corrected chi connectivity index (χ0v) is 22.7. The van der Waals surface area contributed by atoms with Crippen LogP contribution in [-0.4, -0.2) is 29.0 Å². The molecular weight excluding hydrogens is 572 g/mol. The first-order chi connectivity index (χ1) is 19.3. The maximum absolute atomic E-state index is 13.1. The summed E-state index contributed by atoms with van der Waals surface area (Å²) in [5.74, 6) is -0.914. The Bertz CT molecular complexity index is 1410. The minimum Gasteiger partial charge on any atom is -0.406 e. The molecule has 0 aliphatic heterocycles. The van der Waals surface area contributed by atoms with Gasteiger partial charge in [-0.05, 0) is 54.3 Å². The van der Waals surface area contributed by atoms with Crippen LogP contribution in [0.2, 0.25) is 5.15 Å². The Morgan fingerprint density at radius 1 is 0.805 bits per heavy atom. The van der Waals surface area contributed by atoms with Gasteiger partial charge in [0, 0.05) is 31.1 Å². The number of hydrogen-bond acceptors (Lipinski definition) is 4. The SMILES string of the molecule is Cc1nn(C)c(Cl)c1CNCC(Cc1ccccc1)(c1cccc(OC(F)(F)F)c1)c1cccc(OC(F)(F)F)c1. The molecule has 0 aliphatic rings. The number of aromatic nitrogens is 2. The number of nitrogens with one attached hydrogen (secondary N) is 1. The highest BCUT2D eigenvalue weighted by Gasteiger charge is 2.38. The van der Waals surface area contributed by atoms with E-state index in [4.69, 9.17) is 11.6 Å². The molecule has 218 valence electrons. The van der Waals surface area contributed by atoms with Crippen LogP contribution in [0.3, 0.4) is 0 Å². The molecule has 3 aromatic carbocycles. The van der Waals surface area contributed by atoms with Crippen LogP contribution < -0.4 is 14.8 Å². The highest BCUT2D eigenvalue weighted by Crippen LogP contribution is 2.40. The Morgan fingerprint density at radius 2 is 1.34 bits per heavy atom. The zero-order chi connectivity index (χ0) is 29.8. The molecule has 0 bridgehead atoms. The van der Waals surface area contributed by atoms with E-state index >= 15 is 0 Å². The van der Waals surface area contributed by atoms with Crippen molar-refractivity contribution in [2.24, 2.45) is 7.05 Å². The van der Waals surface area contributed by atoms with Crippen LogP contribution in [0.5, 0.6) is 11.5 Å². The van der Waals surface area contributed by atoms with Crippen molar-refractivity contribution >= 4 is 11.6 Å². The molecule has 0 amide bonds. The van der Waals surface area contributed by atoms with Gasteiger partial charge in [-0.2, -0.15) is 5.10 Å². The van der Waals surface area contributed by atoms with Crippen LogP contribution in [0.25, 0.3) is 0 Å². The summed E-state index contributed by atoms with van der Waals surface area (Å²) in [6, 6.07) is 20.0. The Morgan fingerprint density at radius 3 is 1.80 bits per heavy atom. The predicted octanol–water partition coefficient (Wildman–Crippen LogP) is 7.50. The first-order valence-corrected chi connectivity index (χ1v) is 12.8.